The van der Waals surface area contributed by atoms with Crippen LogP contribution >= 0.6 is 15.9 Å². The Kier molecular flexibility index (Phi) is 5.71. The van der Waals surface area contributed by atoms with Gasteiger partial charge in [0.1, 0.15) is 5.82 Å². The smallest absolute Gasteiger partial charge is 0.338 e. The molecular formula is C19H21BrN2O3. The number of nitrogens with one attached hydrogen (secondary N) is 1. The van der Waals surface area contributed by atoms with Crippen molar-refractivity contribution >= 4 is 27.7 Å². The summed E-state index contributed by atoms with van der Waals surface area (Å²) in [6.45, 7) is 2.21. The van der Waals surface area contributed by atoms with Crippen molar-refractivity contribution in [2.75, 3.05) is 32.2 Å². The second-order valence-corrected chi connectivity index (χ2v) is 7.09. The van der Waals surface area contributed by atoms with Crippen LogP contribution in [-0.4, -0.2) is 37.8 Å². The fraction of sp³-hybridized carbons (Fsp3) is 0.368. The number of methoxy groups -OCH3 is 1. The first-order valence-electron chi connectivity index (χ1n) is 8.25. The largest absolute Gasteiger partial charge is 0.465 e. The van der Waals surface area contributed by atoms with Crippen LogP contribution in [-0.2, 0) is 14.9 Å². The maximum atomic E-state index is 11.7. The highest BCUT2D eigenvalue weighted by atomic mass is 79.9. The van der Waals surface area contributed by atoms with Crippen LogP contribution < -0.4 is 5.32 Å². The number of esters is 1. The number of rotatable bonds is 5. The molecule has 0 amide bonds. The standard InChI is InChI=1S/C19H21BrN2O3/c1-24-18(23)14-5-8-21-17(11-14)22-13-19(6-9-25-10-7-19)15-3-2-4-16(20)12-15/h2-5,8,11-12H,6-7,9-10,13H2,1H3,(H,21,22). The molecule has 25 heavy (non-hydrogen) atoms. The molecule has 0 spiro atoms. The normalized spacial score (nSPS) is 16.2. The number of halogens is 1. The number of anilines is 1. The van der Waals surface area contributed by atoms with E-state index in [2.05, 4.69) is 44.4 Å². The summed E-state index contributed by atoms with van der Waals surface area (Å²) in [5, 5.41) is 3.40. The second kappa shape index (κ2) is 7.97. The predicted octanol–water partition coefficient (Wildman–Crippen LogP) is 3.79. The first kappa shape index (κ1) is 17.9. The molecule has 1 saturated heterocycles. The maximum Gasteiger partial charge on any atom is 0.338 e. The zero-order chi connectivity index (χ0) is 17.7. The molecule has 1 fully saturated rings. The lowest BCUT2D eigenvalue weighted by molar-refractivity contribution is 0.0543. The molecule has 132 valence electrons. The number of ether oxygens (including phenoxy) is 2. The van der Waals surface area contributed by atoms with Gasteiger partial charge in [0, 0.05) is 35.8 Å². The molecule has 1 aromatic carbocycles. The van der Waals surface area contributed by atoms with Crippen molar-refractivity contribution < 1.29 is 14.3 Å². The maximum absolute atomic E-state index is 11.7. The summed E-state index contributed by atoms with van der Waals surface area (Å²) in [7, 11) is 1.38. The number of aromatic nitrogens is 1. The molecule has 0 atom stereocenters. The molecule has 6 heteroatoms. The first-order chi connectivity index (χ1) is 12.1. The molecule has 1 aliphatic heterocycles. The molecule has 3 rings (SSSR count). The van der Waals surface area contributed by atoms with Crippen molar-refractivity contribution in [1.29, 1.82) is 0 Å². The van der Waals surface area contributed by atoms with E-state index in [0.29, 0.717) is 11.4 Å². The fourth-order valence-corrected chi connectivity index (χ4v) is 3.58. The monoisotopic (exact) mass is 404 g/mol. The minimum absolute atomic E-state index is 0.0228. The van der Waals surface area contributed by atoms with E-state index in [0.717, 1.165) is 37.1 Å². The van der Waals surface area contributed by atoms with Crippen molar-refractivity contribution in [3.8, 4) is 0 Å². The van der Waals surface area contributed by atoms with Crippen LogP contribution in [0.5, 0.6) is 0 Å². The zero-order valence-corrected chi connectivity index (χ0v) is 15.7. The topological polar surface area (TPSA) is 60.5 Å². The summed E-state index contributed by atoms with van der Waals surface area (Å²) < 4.78 is 11.4. The molecule has 0 radical (unpaired) electrons. The van der Waals surface area contributed by atoms with E-state index < -0.39 is 0 Å². The predicted molar refractivity (Wildman–Crippen MR) is 99.9 cm³/mol. The van der Waals surface area contributed by atoms with Gasteiger partial charge in [-0.15, -0.1) is 0 Å². The molecule has 1 aliphatic rings. The summed E-state index contributed by atoms with van der Waals surface area (Å²) in [5.74, 6) is 0.307. The Labute approximate surface area is 155 Å². The number of hydrogen-bond acceptors (Lipinski definition) is 5. The van der Waals surface area contributed by atoms with E-state index in [1.54, 1.807) is 18.3 Å². The second-order valence-electron chi connectivity index (χ2n) is 6.18. The molecular weight excluding hydrogens is 384 g/mol. The lowest BCUT2D eigenvalue weighted by Gasteiger charge is -2.38. The number of pyridine rings is 1. The Bertz CT molecular complexity index is 745. The van der Waals surface area contributed by atoms with Gasteiger partial charge in [0.05, 0.1) is 12.7 Å². The Morgan fingerprint density at radius 3 is 2.84 bits per heavy atom. The van der Waals surface area contributed by atoms with Gasteiger partial charge >= 0.3 is 5.97 Å². The third kappa shape index (κ3) is 4.19. The quantitative estimate of drug-likeness (QED) is 0.768. The number of carbonyl (C=O) groups excluding carboxylic acids is 1. The number of carbonyl (C=O) groups is 1. The van der Waals surface area contributed by atoms with Gasteiger partial charge in [-0.2, -0.15) is 0 Å². The molecule has 0 unspecified atom stereocenters. The van der Waals surface area contributed by atoms with Crippen molar-refractivity contribution in [3.63, 3.8) is 0 Å². The van der Waals surface area contributed by atoms with Gasteiger partial charge < -0.3 is 14.8 Å². The van der Waals surface area contributed by atoms with Crippen LogP contribution in [0.2, 0.25) is 0 Å². The highest BCUT2D eigenvalue weighted by Gasteiger charge is 2.34. The van der Waals surface area contributed by atoms with Crippen molar-refractivity contribution in [3.05, 3.63) is 58.2 Å². The molecule has 2 heterocycles. The van der Waals surface area contributed by atoms with Gasteiger partial charge in [-0.25, -0.2) is 9.78 Å². The molecule has 1 aromatic heterocycles. The van der Waals surface area contributed by atoms with Crippen molar-refractivity contribution in [2.24, 2.45) is 0 Å². The first-order valence-corrected chi connectivity index (χ1v) is 9.04. The summed E-state index contributed by atoms with van der Waals surface area (Å²) in [6.07, 6.45) is 3.49. The molecule has 0 aliphatic carbocycles. The Morgan fingerprint density at radius 1 is 1.32 bits per heavy atom. The van der Waals surface area contributed by atoms with E-state index in [-0.39, 0.29) is 11.4 Å². The van der Waals surface area contributed by atoms with E-state index in [4.69, 9.17) is 9.47 Å². The highest BCUT2D eigenvalue weighted by Crippen LogP contribution is 2.36. The van der Waals surface area contributed by atoms with Crippen LogP contribution in [0.3, 0.4) is 0 Å². The Balaban J connectivity index is 1.81. The minimum Gasteiger partial charge on any atom is -0.465 e. The van der Waals surface area contributed by atoms with Crippen LogP contribution in [0, 0.1) is 0 Å². The average Bonchev–Trinajstić information content (AvgIpc) is 2.67. The number of benzene rings is 1. The van der Waals surface area contributed by atoms with E-state index in [1.807, 2.05) is 6.07 Å². The molecule has 0 saturated carbocycles. The minimum atomic E-state index is -0.363. The third-order valence-corrected chi connectivity index (χ3v) is 5.17. The van der Waals surface area contributed by atoms with E-state index in [1.165, 1.54) is 12.7 Å². The van der Waals surface area contributed by atoms with Gasteiger partial charge in [0.15, 0.2) is 0 Å². The van der Waals surface area contributed by atoms with Crippen molar-refractivity contribution in [2.45, 2.75) is 18.3 Å². The summed E-state index contributed by atoms with van der Waals surface area (Å²) in [6, 6.07) is 11.8. The fourth-order valence-electron chi connectivity index (χ4n) is 3.18. The molecule has 5 nitrogen and oxygen atoms in total. The SMILES string of the molecule is COC(=O)c1ccnc(NCC2(c3cccc(Br)c3)CCOCC2)c1. The average molecular weight is 405 g/mol. The van der Waals surface area contributed by atoms with E-state index >= 15 is 0 Å². The lowest BCUT2D eigenvalue weighted by atomic mass is 9.74. The van der Waals surface area contributed by atoms with Gasteiger partial charge in [-0.05, 0) is 42.7 Å². The molecule has 1 N–H and O–H groups in total. The van der Waals surface area contributed by atoms with Crippen LogP contribution in [0.4, 0.5) is 5.82 Å². The van der Waals surface area contributed by atoms with Crippen LogP contribution in [0.15, 0.2) is 47.1 Å². The lowest BCUT2D eigenvalue weighted by Crippen LogP contribution is -2.40. The van der Waals surface area contributed by atoms with E-state index in [9.17, 15) is 4.79 Å². The van der Waals surface area contributed by atoms with Gasteiger partial charge in [-0.3, -0.25) is 0 Å². The molecule has 2 aromatic rings. The van der Waals surface area contributed by atoms with Crippen LogP contribution in [0.25, 0.3) is 0 Å². The highest BCUT2D eigenvalue weighted by molar-refractivity contribution is 9.10. The summed E-state index contributed by atoms with van der Waals surface area (Å²) in [4.78, 5) is 16.0. The number of hydrogen-bond donors (Lipinski definition) is 1. The Hall–Kier alpha value is -1.92. The van der Waals surface area contributed by atoms with Gasteiger partial charge in [0.2, 0.25) is 0 Å². The van der Waals surface area contributed by atoms with Crippen molar-refractivity contribution in [1.82, 2.24) is 4.98 Å². The third-order valence-electron chi connectivity index (χ3n) is 4.68. The summed E-state index contributed by atoms with van der Waals surface area (Å²) in [5.41, 5.74) is 1.75. The van der Waals surface area contributed by atoms with Gasteiger partial charge in [-0.1, -0.05) is 28.1 Å². The molecule has 0 bridgehead atoms. The Morgan fingerprint density at radius 2 is 2.12 bits per heavy atom. The number of nitrogens with zero attached hydrogens (tertiary/aromatic N) is 1. The van der Waals surface area contributed by atoms with Crippen LogP contribution in [0.1, 0.15) is 28.8 Å². The summed E-state index contributed by atoms with van der Waals surface area (Å²) >= 11 is 3.57. The van der Waals surface area contributed by atoms with Gasteiger partial charge in [0.25, 0.3) is 0 Å². The zero-order valence-electron chi connectivity index (χ0n) is 14.1.